The molecule has 0 atom stereocenters. The van der Waals surface area contributed by atoms with Gasteiger partial charge in [-0.3, -0.25) is 0 Å². The Labute approximate surface area is 169 Å². The van der Waals surface area contributed by atoms with Gasteiger partial charge in [-0.05, 0) is 41.5 Å². The van der Waals surface area contributed by atoms with Gasteiger partial charge in [0.05, 0.1) is 5.56 Å². The average Bonchev–Trinajstić information content (AvgIpc) is 3.35. The minimum absolute atomic E-state index is 0.329. The van der Waals surface area contributed by atoms with Crippen LogP contribution >= 0.6 is 11.6 Å². The van der Waals surface area contributed by atoms with E-state index in [0.717, 1.165) is 16.8 Å². The predicted molar refractivity (Wildman–Crippen MR) is 106 cm³/mol. The zero-order valence-electron chi connectivity index (χ0n) is 15.0. The summed E-state index contributed by atoms with van der Waals surface area (Å²) in [5.74, 6) is 0.788. The van der Waals surface area contributed by atoms with Gasteiger partial charge < -0.3 is 9.51 Å². The summed E-state index contributed by atoms with van der Waals surface area (Å²) in [6.07, 6.45) is 3.44. The van der Waals surface area contributed by atoms with Gasteiger partial charge in [-0.2, -0.15) is 0 Å². The molecule has 0 bridgehead atoms. The Balaban J connectivity index is 1.41. The molecular formula is C21H14ClFN5O+. The second kappa shape index (κ2) is 7.10. The zero-order chi connectivity index (χ0) is 19.8. The van der Waals surface area contributed by atoms with Gasteiger partial charge in [0.1, 0.15) is 28.9 Å². The van der Waals surface area contributed by atoms with Gasteiger partial charge in [0, 0.05) is 16.7 Å². The van der Waals surface area contributed by atoms with Crippen LogP contribution in [0.25, 0.3) is 33.7 Å². The second-order valence-corrected chi connectivity index (χ2v) is 6.96. The van der Waals surface area contributed by atoms with Crippen LogP contribution in [0.4, 0.5) is 4.39 Å². The van der Waals surface area contributed by atoms with Gasteiger partial charge in [-0.25, -0.2) is 9.37 Å². The minimum Gasteiger partial charge on any atom is -0.356 e. The first-order valence-corrected chi connectivity index (χ1v) is 9.25. The number of benzene rings is 2. The SMILES string of the molecule is Fc1ccccc1-c1nc2cn[n+](Cc3cc(-c4ccc(Cl)cc4)on3)cc2[nH]1. The standard InChI is InChI=1S/C21H13ClFN5O/c22-14-7-5-13(6-8-14)20-9-15(27-29-20)11-28-12-19-18(10-24-28)25-21(26-19)16-3-1-2-4-17(16)23/h1-10,12H,11H2/p+1. The molecule has 0 aliphatic rings. The van der Waals surface area contributed by atoms with Crippen LogP contribution in [0.3, 0.4) is 0 Å². The molecular weight excluding hydrogens is 393 g/mol. The van der Waals surface area contributed by atoms with Crippen LogP contribution in [0.1, 0.15) is 5.69 Å². The maximum Gasteiger partial charge on any atom is 0.222 e. The van der Waals surface area contributed by atoms with E-state index in [2.05, 4.69) is 20.2 Å². The number of fused-ring (bicyclic) bond motifs is 1. The maximum absolute atomic E-state index is 14.0. The van der Waals surface area contributed by atoms with Crippen molar-refractivity contribution in [1.82, 2.24) is 20.2 Å². The van der Waals surface area contributed by atoms with Crippen LogP contribution in [-0.2, 0) is 6.54 Å². The maximum atomic E-state index is 14.0. The molecule has 5 rings (SSSR count). The molecule has 0 amide bonds. The lowest BCUT2D eigenvalue weighted by Gasteiger charge is -1.96. The highest BCUT2D eigenvalue weighted by Gasteiger charge is 2.16. The zero-order valence-corrected chi connectivity index (χ0v) is 15.8. The number of rotatable bonds is 4. The van der Waals surface area contributed by atoms with Gasteiger partial charge in [-0.15, -0.1) is 0 Å². The lowest BCUT2D eigenvalue weighted by molar-refractivity contribution is -0.745. The van der Waals surface area contributed by atoms with E-state index in [9.17, 15) is 4.39 Å². The molecule has 2 aromatic carbocycles. The fourth-order valence-electron chi connectivity index (χ4n) is 3.08. The smallest absolute Gasteiger partial charge is 0.222 e. The normalized spacial score (nSPS) is 11.2. The summed E-state index contributed by atoms with van der Waals surface area (Å²) in [6.45, 7) is 0.418. The molecule has 3 heterocycles. The molecule has 1 N–H and O–H groups in total. The number of nitrogens with zero attached hydrogens (tertiary/aromatic N) is 4. The van der Waals surface area contributed by atoms with E-state index in [1.165, 1.54) is 6.07 Å². The fourth-order valence-corrected chi connectivity index (χ4v) is 3.20. The molecule has 8 heteroatoms. The summed E-state index contributed by atoms with van der Waals surface area (Å²) in [7, 11) is 0. The topological polar surface area (TPSA) is 71.5 Å². The number of halogens is 2. The van der Waals surface area contributed by atoms with Crippen molar-refractivity contribution >= 4 is 22.6 Å². The lowest BCUT2D eigenvalue weighted by atomic mass is 10.1. The van der Waals surface area contributed by atoms with Gasteiger partial charge in [-0.1, -0.05) is 33.6 Å². The number of hydrogen-bond acceptors (Lipinski definition) is 4. The molecule has 0 saturated carbocycles. The Morgan fingerprint density at radius 3 is 2.76 bits per heavy atom. The third-order valence-corrected chi connectivity index (χ3v) is 4.76. The number of nitrogens with one attached hydrogen (secondary N) is 1. The molecule has 0 unspecified atom stereocenters. The van der Waals surface area contributed by atoms with Crippen molar-refractivity contribution in [3.63, 3.8) is 0 Å². The van der Waals surface area contributed by atoms with Crippen LogP contribution in [0, 0.1) is 5.82 Å². The van der Waals surface area contributed by atoms with E-state index in [1.54, 1.807) is 41.2 Å². The van der Waals surface area contributed by atoms with Crippen molar-refractivity contribution in [1.29, 1.82) is 0 Å². The third-order valence-electron chi connectivity index (χ3n) is 4.51. The van der Waals surface area contributed by atoms with Gasteiger partial charge >= 0.3 is 0 Å². The van der Waals surface area contributed by atoms with Crippen molar-refractivity contribution in [2.45, 2.75) is 6.54 Å². The molecule has 29 heavy (non-hydrogen) atoms. The second-order valence-electron chi connectivity index (χ2n) is 6.52. The van der Waals surface area contributed by atoms with Gasteiger partial charge in [0.15, 0.2) is 11.5 Å². The molecule has 6 nitrogen and oxygen atoms in total. The quantitative estimate of drug-likeness (QED) is 0.449. The summed E-state index contributed by atoms with van der Waals surface area (Å²) in [6, 6.07) is 15.7. The Morgan fingerprint density at radius 1 is 1.10 bits per heavy atom. The molecule has 0 spiro atoms. The molecule has 0 aliphatic heterocycles. The van der Waals surface area contributed by atoms with E-state index in [0.29, 0.717) is 34.2 Å². The van der Waals surface area contributed by atoms with Crippen LogP contribution in [0.15, 0.2) is 71.5 Å². The highest BCUT2D eigenvalue weighted by Crippen LogP contribution is 2.23. The van der Waals surface area contributed by atoms with Crippen LogP contribution in [-0.4, -0.2) is 20.2 Å². The number of hydrogen-bond donors (Lipinski definition) is 1. The molecule has 0 fully saturated rings. The highest BCUT2D eigenvalue weighted by molar-refractivity contribution is 6.30. The largest absolute Gasteiger partial charge is 0.356 e. The monoisotopic (exact) mass is 406 g/mol. The van der Waals surface area contributed by atoms with E-state index >= 15 is 0 Å². The van der Waals surface area contributed by atoms with Gasteiger partial charge in [0.2, 0.25) is 12.7 Å². The van der Waals surface area contributed by atoms with E-state index in [1.807, 2.05) is 24.4 Å². The Hall–Kier alpha value is -3.58. The Bertz CT molecular complexity index is 1310. The van der Waals surface area contributed by atoms with Crippen LogP contribution in [0.5, 0.6) is 0 Å². The molecule has 0 aliphatic carbocycles. The van der Waals surface area contributed by atoms with Gasteiger partial charge in [0.25, 0.3) is 0 Å². The van der Waals surface area contributed by atoms with E-state index in [-0.39, 0.29) is 5.82 Å². The van der Waals surface area contributed by atoms with Crippen molar-refractivity contribution in [2.24, 2.45) is 0 Å². The van der Waals surface area contributed by atoms with Crippen LogP contribution < -0.4 is 4.68 Å². The number of H-pyrrole nitrogens is 1. The van der Waals surface area contributed by atoms with Crippen LogP contribution in [0.2, 0.25) is 5.02 Å². The van der Waals surface area contributed by atoms with Crippen molar-refractivity contribution < 1.29 is 13.6 Å². The molecule has 142 valence electrons. The summed E-state index contributed by atoms with van der Waals surface area (Å²) < 4.78 is 21.2. The molecule has 0 saturated heterocycles. The first-order valence-electron chi connectivity index (χ1n) is 8.88. The summed E-state index contributed by atoms with van der Waals surface area (Å²) in [4.78, 5) is 7.57. The highest BCUT2D eigenvalue weighted by atomic mass is 35.5. The third kappa shape index (κ3) is 3.48. The first kappa shape index (κ1) is 17.5. The van der Waals surface area contributed by atoms with Crippen molar-refractivity contribution in [2.75, 3.05) is 0 Å². The molecule has 3 aromatic heterocycles. The fraction of sp³-hybridized carbons (Fsp3) is 0.0476. The predicted octanol–water partition coefficient (Wildman–Crippen LogP) is 4.41. The Morgan fingerprint density at radius 2 is 1.93 bits per heavy atom. The minimum atomic E-state index is -0.329. The summed E-state index contributed by atoms with van der Waals surface area (Å²) in [5.41, 5.74) is 3.44. The number of aromatic nitrogens is 5. The lowest BCUT2D eigenvalue weighted by Crippen LogP contribution is -2.38. The average molecular weight is 407 g/mol. The molecule has 0 radical (unpaired) electrons. The van der Waals surface area contributed by atoms with Crippen molar-refractivity contribution in [3.8, 4) is 22.7 Å². The summed E-state index contributed by atoms with van der Waals surface area (Å²) in [5, 5.41) is 9.14. The van der Waals surface area contributed by atoms with Crippen molar-refractivity contribution in [3.05, 3.63) is 83.5 Å². The van der Waals surface area contributed by atoms with E-state index in [4.69, 9.17) is 16.1 Å². The molecule has 5 aromatic rings. The number of imidazole rings is 1. The Kier molecular flexibility index (Phi) is 4.29. The first-order chi connectivity index (χ1) is 14.2. The summed E-state index contributed by atoms with van der Waals surface area (Å²) >= 11 is 5.92. The van der Waals surface area contributed by atoms with E-state index < -0.39 is 0 Å². The number of aromatic amines is 1.